The molecule has 3 rings (SSSR count). The molecule has 0 aromatic heterocycles. The van der Waals surface area contributed by atoms with E-state index in [1.165, 1.54) is 25.7 Å². The zero-order valence-corrected chi connectivity index (χ0v) is 14.1. The predicted octanol–water partition coefficient (Wildman–Crippen LogP) is 2.00. The number of nitrogens with one attached hydrogen (secondary N) is 2. The van der Waals surface area contributed by atoms with Crippen LogP contribution in [0.2, 0.25) is 0 Å². The Morgan fingerprint density at radius 3 is 2.78 bits per heavy atom. The Balaban J connectivity index is 1.59. The van der Waals surface area contributed by atoms with Crippen molar-refractivity contribution >= 4 is 11.9 Å². The summed E-state index contributed by atoms with van der Waals surface area (Å²) < 4.78 is 0. The first kappa shape index (κ1) is 15.8. The van der Waals surface area contributed by atoms with Crippen molar-refractivity contribution in [3.63, 3.8) is 0 Å². The molecule has 1 amide bonds. The van der Waals surface area contributed by atoms with E-state index in [-0.39, 0.29) is 5.91 Å². The standard InChI is InChI=1S/C18H26N4O/c1-19-16(23)15-6-3-5-14(11-15)12-21-17(20-2)22-10-9-18(13-22)7-4-8-18/h3,5-6,11H,4,7-10,12-13H2,1-2H3,(H,19,23)(H,20,21). The van der Waals surface area contributed by atoms with Gasteiger partial charge in [0.1, 0.15) is 0 Å². The summed E-state index contributed by atoms with van der Waals surface area (Å²) >= 11 is 0. The van der Waals surface area contributed by atoms with Crippen molar-refractivity contribution < 1.29 is 4.79 Å². The first-order valence-corrected chi connectivity index (χ1v) is 8.42. The fraction of sp³-hybridized carbons (Fsp3) is 0.556. The molecule has 2 fully saturated rings. The number of likely N-dealkylation sites (tertiary alicyclic amines) is 1. The maximum atomic E-state index is 11.7. The van der Waals surface area contributed by atoms with Crippen LogP contribution in [0.3, 0.4) is 0 Å². The monoisotopic (exact) mass is 314 g/mol. The lowest BCUT2D eigenvalue weighted by Crippen LogP contribution is -2.42. The molecule has 23 heavy (non-hydrogen) atoms. The highest BCUT2D eigenvalue weighted by Gasteiger charge is 2.43. The normalized spacial score (nSPS) is 19.6. The first-order chi connectivity index (χ1) is 11.2. The van der Waals surface area contributed by atoms with Crippen molar-refractivity contribution in [3.8, 4) is 0 Å². The highest BCUT2D eigenvalue weighted by atomic mass is 16.1. The number of benzene rings is 1. The summed E-state index contributed by atoms with van der Waals surface area (Å²) in [6.07, 6.45) is 5.41. The molecule has 124 valence electrons. The Labute approximate surface area is 138 Å². The average Bonchev–Trinajstić information content (AvgIpc) is 3.01. The van der Waals surface area contributed by atoms with Crippen LogP contribution in [0.1, 0.15) is 41.6 Å². The van der Waals surface area contributed by atoms with Gasteiger partial charge in [0.2, 0.25) is 0 Å². The number of nitrogens with zero attached hydrogens (tertiary/aromatic N) is 2. The summed E-state index contributed by atoms with van der Waals surface area (Å²) in [6, 6.07) is 7.71. The highest BCUT2D eigenvalue weighted by molar-refractivity contribution is 5.94. The van der Waals surface area contributed by atoms with Crippen LogP contribution in [0, 0.1) is 5.41 Å². The van der Waals surface area contributed by atoms with Crippen LogP contribution in [-0.4, -0.2) is 44.0 Å². The smallest absolute Gasteiger partial charge is 0.251 e. The van der Waals surface area contributed by atoms with Crippen LogP contribution in [0.5, 0.6) is 0 Å². The molecule has 2 N–H and O–H groups in total. The SMILES string of the molecule is CN=C(NCc1cccc(C(=O)NC)c1)N1CCC2(CCC2)C1. The van der Waals surface area contributed by atoms with Crippen LogP contribution in [-0.2, 0) is 6.54 Å². The van der Waals surface area contributed by atoms with Crippen LogP contribution in [0.4, 0.5) is 0 Å². The molecule has 0 radical (unpaired) electrons. The molecule has 5 heteroatoms. The molecule has 1 aromatic carbocycles. The van der Waals surface area contributed by atoms with Gasteiger partial charge in [0.15, 0.2) is 5.96 Å². The number of hydrogen-bond donors (Lipinski definition) is 2. The van der Waals surface area contributed by atoms with Gasteiger partial charge in [0.25, 0.3) is 5.91 Å². The van der Waals surface area contributed by atoms with Crippen LogP contribution in [0.15, 0.2) is 29.3 Å². The number of rotatable bonds is 3. The van der Waals surface area contributed by atoms with E-state index in [0.717, 1.165) is 24.6 Å². The van der Waals surface area contributed by atoms with Gasteiger partial charge in [-0.3, -0.25) is 9.79 Å². The summed E-state index contributed by atoms with van der Waals surface area (Å²) in [7, 11) is 3.49. The van der Waals surface area contributed by atoms with Gasteiger partial charge in [-0.1, -0.05) is 18.6 Å². The Kier molecular flexibility index (Phi) is 4.55. The third-order valence-electron chi connectivity index (χ3n) is 5.23. The Morgan fingerprint density at radius 1 is 1.35 bits per heavy atom. The van der Waals surface area contributed by atoms with Gasteiger partial charge in [-0.05, 0) is 42.4 Å². The van der Waals surface area contributed by atoms with Gasteiger partial charge < -0.3 is 15.5 Å². The van der Waals surface area contributed by atoms with Crippen molar-refractivity contribution in [3.05, 3.63) is 35.4 Å². The predicted molar refractivity (Wildman–Crippen MR) is 92.5 cm³/mol. The van der Waals surface area contributed by atoms with Gasteiger partial charge in [-0.2, -0.15) is 0 Å². The van der Waals surface area contributed by atoms with E-state index in [0.29, 0.717) is 17.5 Å². The molecule has 1 aliphatic heterocycles. The van der Waals surface area contributed by atoms with Crippen molar-refractivity contribution in [1.82, 2.24) is 15.5 Å². The third kappa shape index (κ3) is 3.33. The molecule has 2 aliphatic rings. The lowest BCUT2D eigenvalue weighted by atomic mass is 9.68. The van der Waals surface area contributed by atoms with Gasteiger partial charge in [-0.25, -0.2) is 0 Å². The van der Waals surface area contributed by atoms with Gasteiger partial charge >= 0.3 is 0 Å². The van der Waals surface area contributed by atoms with Crippen LogP contribution >= 0.6 is 0 Å². The molecule has 1 spiro atoms. The summed E-state index contributed by atoms with van der Waals surface area (Å²) in [5, 5.41) is 6.10. The maximum absolute atomic E-state index is 11.7. The van der Waals surface area contributed by atoms with Crippen molar-refractivity contribution in [2.45, 2.75) is 32.2 Å². The Bertz CT molecular complexity index is 607. The number of carbonyl (C=O) groups excluding carboxylic acids is 1. The van der Waals surface area contributed by atoms with Crippen molar-refractivity contribution in [2.75, 3.05) is 27.2 Å². The number of carbonyl (C=O) groups is 1. The van der Waals surface area contributed by atoms with Crippen LogP contribution < -0.4 is 10.6 Å². The van der Waals surface area contributed by atoms with E-state index < -0.39 is 0 Å². The molecule has 0 atom stereocenters. The molecule has 1 saturated carbocycles. The van der Waals surface area contributed by atoms with Gasteiger partial charge in [0, 0.05) is 39.3 Å². The Hall–Kier alpha value is -2.04. The number of guanidine groups is 1. The van der Waals surface area contributed by atoms with Crippen molar-refractivity contribution in [1.29, 1.82) is 0 Å². The number of aliphatic imine (C=N–C) groups is 1. The molecule has 1 saturated heterocycles. The quantitative estimate of drug-likeness (QED) is 0.663. The fourth-order valence-corrected chi connectivity index (χ4v) is 3.68. The molecule has 1 aliphatic carbocycles. The van der Waals surface area contributed by atoms with E-state index in [4.69, 9.17) is 0 Å². The molecule has 0 unspecified atom stereocenters. The van der Waals surface area contributed by atoms with E-state index >= 15 is 0 Å². The summed E-state index contributed by atoms with van der Waals surface area (Å²) in [5.74, 6) is 0.918. The first-order valence-electron chi connectivity index (χ1n) is 8.42. The summed E-state index contributed by atoms with van der Waals surface area (Å²) in [6.45, 7) is 2.91. The molecule has 1 aromatic rings. The lowest BCUT2D eigenvalue weighted by molar-refractivity contribution is 0.0963. The van der Waals surface area contributed by atoms with E-state index in [2.05, 4.69) is 20.5 Å². The maximum Gasteiger partial charge on any atom is 0.251 e. The molecular formula is C18H26N4O. The number of amides is 1. The summed E-state index contributed by atoms with van der Waals surface area (Å²) in [5.41, 5.74) is 2.35. The minimum atomic E-state index is -0.0531. The molecule has 1 heterocycles. The fourth-order valence-electron chi connectivity index (χ4n) is 3.68. The summed E-state index contributed by atoms with van der Waals surface area (Å²) in [4.78, 5) is 18.5. The van der Waals surface area contributed by atoms with E-state index in [9.17, 15) is 4.79 Å². The molecule has 0 bridgehead atoms. The van der Waals surface area contributed by atoms with Crippen LogP contribution in [0.25, 0.3) is 0 Å². The van der Waals surface area contributed by atoms with E-state index in [1.807, 2.05) is 31.3 Å². The zero-order chi connectivity index (χ0) is 16.3. The molecular weight excluding hydrogens is 288 g/mol. The van der Waals surface area contributed by atoms with E-state index in [1.54, 1.807) is 7.05 Å². The minimum Gasteiger partial charge on any atom is -0.355 e. The second-order valence-corrected chi connectivity index (χ2v) is 6.71. The largest absolute Gasteiger partial charge is 0.355 e. The van der Waals surface area contributed by atoms with Gasteiger partial charge in [-0.15, -0.1) is 0 Å². The second-order valence-electron chi connectivity index (χ2n) is 6.71. The zero-order valence-electron chi connectivity index (χ0n) is 14.1. The van der Waals surface area contributed by atoms with Gasteiger partial charge in [0.05, 0.1) is 0 Å². The topological polar surface area (TPSA) is 56.7 Å². The average molecular weight is 314 g/mol. The lowest BCUT2D eigenvalue weighted by Gasteiger charge is -2.38. The van der Waals surface area contributed by atoms with Crippen molar-refractivity contribution in [2.24, 2.45) is 10.4 Å². The highest BCUT2D eigenvalue weighted by Crippen LogP contribution is 2.47. The molecule has 5 nitrogen and oxygen atoms in total. The number of hydrogen-bond acceptors (Lipinski definition) is 2. The Morgan fingerprint density at radius 2 is 2.17 bits per heavy atom. The third-order valence-corrected chi connectivity index (χ3v) is 5.23. The minimum absolute atomic E-state index is 0.0531. The second kappa shape index (κ2) is 6.60.